The lowest BCUT2D eigenvalue weighted by molar-refractivity contribution is 0.231. The molecular weight excluding hydrogens is 255 g/mol. The summed E-state index contributed by atoms with van der Waals surface area (Å²) in [5, 5.41) is 4.06. The molecule has 1 aromatic carbocycles. The summed E-state index contributed by atoms with van der Waals surface area (Å²) in [4.78, 5) is 2.49. The summed E-state index contributed by atoms with van der Waals surface area (Å²) in [7, 11) is 0. The predicted octanol–water partition coefficient (Wildman–Crippen LogP) is 3.51. The van der Waals surface area contributed by atoms with Crippen molar-refractivity contribution in [3.05, 3.63) is 41.9 Å². The second-order valence-corrected chi connectivity index (χ2v) is 5.35. The Morgan fingerprint density at radius 2 is 1.85 bits per heavy atom. The van der Waals surface area contributed by atoms with Gasteiger partial charge in [0.2, 0.25) is 0 Å². The van der Waals surface area contributed by atoms with Gasteiger partial charge in [0.15, 0.2) is 0 Å². The Kier molecular flexibility index (Phi) is 4.11. The minimum Gasteiger partial charge on any atom is -0.364 e. The Morgan fingerprint density at radius 1 is 1.10 bits per heavy atom. The van der Waals surface area contributed by atoms with Crippen molar-refractivity contribution in [1.82, 2.24) is 10.1 Å². The molecule has 0 atom stereocenters. The van der Waals surface area contributed by atoms with Crippen LogP contribution in [0.25, 0.3) is 11.3 Å². The van der Waals surface area contributed by atoms with E-state index in [2.05, 4.69) is 10.1 Å². The van der Waals surface area contributed by atoms with Crippen molar-refractivity contribution in [2.75, 3.05) is 19.6 Å². The Morgan fingerprint density at radius 3 is 2.60 bits per heavy atom. The van der Waals surface area contributed by atoms with E-state index in [9.17, 15) is 4.39 Å². The molecule has 106 valence electrons. The average Bonchev–Trinajstić information content (AvgIpc) is 2.95. The number of nitrogens with zero attached hydrogens (tertiary/aromatic N) is 2. The zero-order chi connectivity index (χ0) is 13.8. The van der Waals surface area contributed by atoms with Crippen LogP contribution in [0.5, 0.6) is 0 Å². The molecule has 1 aliphatic heterocycles. The zero-order valence-corrected chi connectivity index (χ0v) is 11.5. The van der Waals surface area contributed by atoms with E-state index in [-0.39, 0.29) is 5.82 Å². The van der Waals surface area contributed by atoms with Crippen LogP contribution in [0.4, 0.5) is 4.39 Å². The molecule has 3 nitrogen and oxygen atoms in total. The summed E-state index contributed by atoms with van der Waals surface area (Å²) in [6, 6.07) is 6.41. The second kappa shape index (κ2) is 6.18. The smallest absolute Gasteiger partial charge is 0.127 e. The van der Waals surface area contributed by atoms with E-state index in [1.165, 1.54) is 44.5 Å². The first-order valence-electron chi connectivity index (χ1n) is 7.24. The Balaban J connectivity index is 1.68. The van der Waals surface area contributed by atoms with Gasteiger partial charge in [0, 0.05) is 17.7 Å². The molecule has 1 aliphatic rings. The minimum absolute atomic E-state index is 0.230. The lowest BCUT2D eigenvalue weighted by Crippen LogP contribution is -2.31. The van der Waals surface area contributed by atoms with Crippen LogP contribution in [-0.4, -0.2) is 29.7 Å². The van der Waals surface area contributed by atoms with Crippen LogP contribution in [0, 0.1) is 5.82 Å². The number of likely N-dealkylation sites (tertiary alicyclic amines) is 1. The molecule has 0 bridgehead atoms. The first-order chi connectivity index (χ1) is 9.83. The summed E-state index contributed by atoms with van der Waals surface area (Å²) in [6.45, 7) is 3.42. The number of benzene rings is 1. The highest BCUT2D eigenvalue weighted by molar-refractivity contribution is 5.62. The number of hydrogen-bond acceptors (Lipinski definition) is 3. The SMILES string of the molecule is Fc1ccc(-c2nocc2CCN2CCCCC2)cc1. The second-order valence-electron chi connectivity index (χ2n) is 5.35. The topological polar surface area (TPSA) is 29.3 Å². The number of rotatable bonds is 4. The van der Waals surface area contributed by atoms with Gasteiger partial charge in [-0.3, -0.25) is 0 Å². The fourth-order valence-electron chi connectivity index (χ4n) is 2.74. The summed E-state index contributed by atoms with van der Waals surface area (Å²) < 4.78 is 18.1. The molecule has 1 aromatic heterocycles. The maximum Gasteiger partial charge on any atom is 0.127 e. The molecule has 20 heavy (non-hydrogen) atoms. The van der Waals surface area contributed by atoms with E-state index in [0.29, 0.717) is 0 Å². The first-order valence-corrected chi connectivity index (χ1v) is 7.24. The fourth-order valence-corrected chi connectivity index (χ4v) is 2.74. The fraction of sp³-hybridized carbons (Fsp3) is 0.438. The van der Waals surface area contributed by atoms with Crippen LogP contribution in [0.2, 0.25) is 0 Å². The van der Waals surface area contributed by atoms with Gasteiger partial charge in [-0.2, -0.15) is 0 Å². The number of aromatic nitrogens is 1. The van der Waals surface area contributed by atoms with Crippen LogP contribution >= 0.6 is 0 Å². The van der Waals surface area contributed by atoms with Gasteiger partial charge in [0.25, 0.3) is 0 Å². The van der Waals surface area contributed by atoms with Crippen molar-refractivity contribution in [3.8, 4) is 11.3 Å². The highest BCUT2D eigenvalue weighted by Crippen LogP contribution is 2.23. The monoisotopic (exact) mass is 274 g/mol. The van der Waals surface area contributed by atoms with Gasteiger partial charge >= 0.3 is 0 Å². The molecule has 4 heteroatoms. The van der Waals surface area contributed by atoms with Gasteiger partial charge in [0.05, 0.1) is 0 Å². The van der Waals surface area contributed by atoms with Crippen molar-refractivity contribution >= 4 is 0 Å². The lowest BCUT2D eigenvalue weighted by Gasteiger charge is -2.26. The van der Waals surface area contributed by atoms with Crippen molar-refractivity contribution < 1.29 is 8.91 Å². The van der Waals surface area contributed by atoms with E-state index in [1.807, 2.05) is 0 Å². The normalized spacial score (nSPS) is 16.4. The Labute approximate surface area is 118 Å². The molecule has 3 rings (SSSR count). The molecule has 0 aliphatic carbocycles. The third-order valence-corrected chi connectivity index (χ3v) is 3.91. The maximum absolute atomic E-state index is 13.0. The summed E-state index contributed by atoms with van der Waals surface area (Å²) >= 11 is 0. The largest absolute Gasteiger partial charge is 0.364 e. The molecule has 0 N–H and O–H groups in total. The lowest BCUT2D eigenvalue weighted by atomic mass is 10.0. The maximum atomic E-state index is 13.0. The van der Waals surface area contributed by atoms with Gasteiger partial charge in [-0.15, -0.1) is 0 Å². The molecule has 0 spiro atoms. The Bertz CT molecular complexity index is 544. The Hall–Kier alpha value is -1.68. The third kappa shape index (κ3) is 3.07. The van der Waals surface area contributed by atoms with Crippen LogP contribution in [0.15, 0.2) is 35.1 Å². The first kappa shape index (κ1) is 13.3. The molecule has 2 aromatic rings. The number of halogens is 1. The van der Waals surface area contributed by atoms with Gasteiger partial charge in [-0.05, 0) is 56.6 Å². The van der Waals surface area contributed by atoms with E-state index in [0.717, 1.165) is 29.8 Å². The highest BCUT2D eigenvalue weighted by atomic mass is 19.1. The molecule has 0 unspecified atom stereocenters. The summed E-state index contributed by atoms with van der Waals surface area (Å²) in [6.07, 6.45) is 6.59. The van der Waals surface area contributed by atoms with Crippen molar-refractivity contribution in [3.63, 3.8) is 0 Å². The van der Waals surface area contributed by atoms with E-state index in [1.54, 1.807) is 18.4 Å². The molecule has 2 heterocycles. The molecule has 0 radical (unpaired) electrons. The number of hydrogen-bond donors (Lipinski definition) is 0. The quantitative estimate of drug-likeness (QED) is 0.854. The van der Waals surface area contributed by atoms with Crippen LogP contribution in [0.3, 0.4) is 0 Å². The van der Waals surface area contributed by atoms with E-state index < -0.39 is 0 Å². The highest BCUT2D eigenvalue weighted by Gasteiger charge is 2.14. The minimum atomic E-state index is -0.230. The van der Waals surface area contributed by atoms with Crippen LogP contribution in [-0.2, 0) is 6.42 Å². The summed E-state index contributed by atoms with van der Waals surface area (Å²) in [5.74, 6) is -0.230. The molecule has 0 saturated carbocycles. The molecule has 0 amide bonds. The number of piperidine rings is 1. The average molecular weight is 274 g/mol. The van der Waals surface area contributed by atoms with Crippen molar-refractivity contribution in [2.24, 2.45) is 0 Å². The van der Waals surface area contributed by atoms with Crippen molar-refractivity contribution in [2.45, 2.75) is 25.7 Å². The van der Waals surface area contributed by atoms with Crippen LogP contribution < -0.4 is 0 Å². The molecule has 1 saturated heterocycles. The van der Waals surface area contributed by atoms with Gasteiger partial charge in [-0.1, -0.05) is 11.6 Å². The standard InChI is InChI=1S/C16H19FN2O/c17-15-6-4-13(5-7-15)16-14(12-20-18-16)8-11-19-9-2-1-3-10-19/h4-7,12H,1-3,8-11H2. The van der Waals surface area contributed by atoms with Crippen molar-refractivity contribution in [1.29, 1.82) is 0 Å². The molecular formula is C16H19FN2O. The van der Waals surface area contributed by atoms with Gasteiger partial charge in [-0.25, -0.2) is 4.39 Å². The van der Waals surface area contributed by atoms with E-state index in [4.69, 9.17) is 4.52 Å². The van der Waals surface area contributed by atoms with E-state index >= 15 is 0 Å². The molecule has 1 fully saturated rings. The third-order valence-electron chi connectivity index (χ3n) is 3.91. The summed E-state index contributed by atoms with van der Waals surface area (Å²) in [5.41, 5.74) is 2.85. The van der Waals surface area contributed by atoms with Gasteiger partial charge < -0.3 is 9.42 Å². The van der Waals surface area contributed by atoms with Crippen LogP contribution in [0.1, 0.15) is 24.8 Å². The predicted molar refractivity (Wildman–Crippen MR) is 75.9 cm³/mol. The van der Waals surface area contributed by atoms with Gasteiger partial charge in [0.1, 0.15) is 17.8 Å². The zero-order valence-electron chi connectivity index (χ0n) is 11.5.